The fourth-order valence-electron chi connectivity index (χ4n) is 0.552. The molecule has 0 aliphatic rings. The fraction of sp³-hybridized carbons (Fsp3) is 0.333. The lowest BCUT2D eigenvalue weighted by molar-refractivity contribution is 1.05. The van der Waals surface area contributed by atoms with Gasteiger partial charge in [-0.3, -0.25) is 0 Å². The molecule has 0 heteroatoms. The lowest BCUT2D eigenvalue weighted by Crippen LogP contribution is -1.61. The van der Waals surface area contributed by atoms with E-state index in [9.17, 15) is 0 Å². The molecule has 0 aromatic carbocycles. The van der Waals surface area contributed by atoms with Gasteiger partial charge in [-0.25, -0.2) is 0 Å². The van der Waals surface area contributed by atoms with Crippen LogP contribution in [0, 0.1) is 0 Å². The Balaban J connectivity index is 3.08. The third-order valence-electron chi connectivity index (χ3n) is 1.01. The highest BCUT2D eigenvalue weighted by Crippen LogP contribution is 1.91. The zero-order valence-corrected chi connectivity index (χ0v) is 6.01. The molecule has 0 fully saturated rings. The first-order valence-electron chi connectivity index (χ1n) is 3.30. The molecule has 0 bridgehead atoms. The Bertz CT molecular complexity index is 107. The molecule has 0 saturated heterocycles. The standard InChI is InChI=1S/C9H14/c1-3-5-7-9-8-6-4-2/h3-7H,1,8-9H2,2H3/b6-4-,7-5-. The van der Waals surface area contributed by atoms with E-state index in [1.807, 2.05) is 13.0 Å². The highest BCUT2D eigenvalue weighted by molar-refractivity contribution is 4.97. The summed E-state index contributed by atoms with van der Waals surface area (Å²) in [4.78, 5) is 0. The Morgan fingerprint density at radius 1 is 1.22 bits per heavy atom. The topological polar surface area (TPSA) is 0 Å². The molecule has 0 aliphatic carbocycles. The molecule has 0 rings (SSSR count). The Morgan fingerprint density at radius 2 is 1.89 bits per heavy atom. The zero-order chi connectivity index (χ0) is 6.95. The second-order valence-electron chi connectivity index (χ2n) is 1.81. The van der Waals surface area contributed by atoms with Crippen molar-refractivity contribution in [1.82, 2.24) is 0 Å². The summed E-state index contributed by atoms with van der Waals surface area (Å²) in [6.07, 6.45) is 12.4. The van der Waals surface area contributed by atoms with Crippen molar-refractivity contribution >= 4 is 0 Å². The zero-order valence-electron chi connectivity index (χ0n) is 6.01. The Labute approximate surface area is 57.6 Å². The van der Waals surface area contributed by atoms with Crippen molar-refractivity contribution in [2.24, 2.45) is 0 Å². The molecular weight excluding hydrogens is 108 g/mol. The minimum atomic E-state index is 1.12. The van der Waals surface area contributed by atoms with E-state index in [0.29, 0.717) is 0 Å². The lowest BCUT2D eigenvalue weighted by Gasteiger charge is -1.81. The van der Waals surface area contributed by atoms with E-state index in [0.717, 1.165) is 12.8 Å². The predicted molar refractivity (Wildman–Crippen MR) is 43.4 cm³/mol. The molecule has 0 aromatic rings. The van der Waals surface area contributed by atoms with E-state index in [1.54, 1.807) is 6.08 Å². The molecule has 0 amide bonds. The lowest BCUT2D eigenvalue weighted by atomic mass is 10.3. The van der Waals surface area contributed by atoms with Gasteiger partial charge in [0.15, 0.2) is 0 Å². The van der Waals surface area contributed by atoms with Gasteiger partial charge >= 0.3 is 0 Å². The molecule has 0 atom stereocenters. The maximum absolute atomic E-state index is 3.57. The van der Waals surface area contributed by atoms with Crippen molar-refractivity contribution in [3.05, 3.63) is 37.0 Å². The Morgan fingerprint density at radius 3 is 2.44 bits per heavy atom. The summed E-state index contributed by atoms with van der Waals surface area (Å²) >= 11 is 0. The molecular formula is C9H14. The highest BCUT2D eigenvalue weighted by Gasteiger charge is 1.71. The first-order valence-corrected chi connectivity index (χ1v) is 3.30. The van der Waals surface area contributed by atoms with Crippen LogP contribution in [-0.4, -0.2) is 0 Å². The molecule has 0 aromatic heterocycles. The molecule has 0 spiro atoms. The quantitative estimate of drug-likeness (QED) is 0.305. The number of hydrogen-bond donors (Lipinski definition) is 0. The van der Waals surface area contributed by atoms with Gasteiger partial charge in [-0.1, -0.05) is 37.0 Å². The van der Waals surface area contributed by atoms with E-state index in [2.05, 4.69) is 24.8 Å². The summed E-state index contributed by atoms with van der Waals surface area (Å²) in [6.45, 7) is 5.61. The normalized spacial score (nSPS) is 11.2. The molecule has 0 heterocycles. The van der Waals surface area contributed by atoms with Gasteiger partial charge in [0.05, 0.1) is 0 Å². The van der Waals surface area contributed by atoms with Crippen molar-refractivity contribution in [2.75, 3.05) is 0 Å². The van der Waals surface area contributed by atoms with Gasteiger partial charge in [0, 0.05) is 0 Å². The minimum absolute atomic E-state index is 1.12. The van der Waals surface area contributed by atoms with E-state index < -0.39 is 0 Å². The Kier molecular flexibility index (Phi) is 6.59. The average Bonchev–Trinajstić information content (AvgIpc) is 1.89. The van der Waals surface area contributed by atoms with E-state index in [-0.39, 0.29) is 0 Å². The molecule has 0 N–H and O–H groups in total. The number of hydrogen-bond acceptors (Lipinski definition) is 0. The van der Waals surface area contributed by atoms with Crippen LogP contribution in [0.5, 0.6) is 0 Å². The van der Waals surface area contributed by atoms with Crippen LogP contribution >= 0.6 is 0 Å². The van der Waals surface area contributed by atoms with Gasteiger partial charge in [0.2, 0.25) is 0 Å². The monoisotopic (exact) mass is 122 g/mol. The fourth-order valence-corrected chi connectivity index (χ4v) is 0.552. The summed E-state index contributed by atoms with van der Waals surface area (Å²) < 4.78 is 0. The summed E-state index contributed by atoms with van der Waals surface area (Å²) in [5.74, 6) is 0. The molecule has 0 unspecified atom stereocenters. The third kappa shape index (κ3) is 7.22. The van der Waals surface area contributed by atoms with Crippen LogP contribution < -0.4 is 0 Å². The van der Waals surface area contributed by atoms with Gasteiger partial charge in [-0.05, 0) is 19.8 Å². The average molecular weight is 122 g/mol. The van der Waals surface area contributed by atoms with Crippen molar-refractivity contribution in [1.29, 1.82) is 0 Å². The van der Waals surface area contributed by atoms with Gasteiger partial charge in [-0.2, -0.15) is 0 Å². The molecule has 0 saturated carbocycles. The number of unbranched alkanes of at least 4 members (excludes halogenated alkanes) is 1. The van der Waals surface area contributed by atoms with Crippen LogP contribution in [0.15, 0.2) is 37.0 Å². The largest absolute Gasteiger partial charge is 0.0991 e. The smallest absolute Gasteiger partial charge is 0.0313 e. The van der Waals surface area contributed by atoms with E-state index >= 15 is 0 Å². The SMILES string of the molecule is C=C/C=C\CC/C=C\C. The first-order chi connectivity index (χ1) is 4.41. The van der Waals surface area contributed by atoms with Gasteiger partial charge in [0.25, 0.3) is 0 Å². The highest BCUT2D eigenvalue weighted by atomic mass is 13.8. The van der Waals surface area contributed by atoms with Crippen LogP contribution in [0.3, 0.4) is 0 Å². The molecule has 0 aliphatic heterocycles. The molecule has 0 nitrogen and oxygen atoms in total. The maximum Gasteiger partial charge on any atom is -0.0313 e. The van der Waals surface area contributed by atoms with Crippen LogP contribution in [0.2, 0.25) is 0 Å². The van der Waals surface area contributed by atoms with Crippen LogP contribution in [0.1, 0.15) is 19.8 Å². The van der Waals surface area contributed by atoms with Crippen molar-refractivity contribution in [3.63, 3.8) is 0 Å². The summed E-state index contributed by atoms with van der Waals surface area (Å²) in [5.41, 5.74) is 0. The van der Waals surface area contributed by atoms with Crippen molar-refractivity contribution < 1.29 is 0 Å². The number of rotatable bonds is 4. The second-order valence-corrected chi connectivity index (χ2v) is 1.81. The van der Waals surface area contributed by atoms with Crippen LogP contribution in [0.25, 0.3) is 0 Å². The van der Waals surface area contributed by atoms with Crippen LogP contribution in [0.4, 0.5) is 0 Å². The summed E-state index contributed by atoms with van der Waals surface area (Å²) in [6, 6.07) is 0. The van der Waals surface area contributed by atoms with Gasteiger partial charge in [-0.15, -0.1) is 0 Å². The maximum atomic E-state index is 3.57. The van der Waals surface area contributed by atoms with E-state index in [1.165, 1.54) is 0 Å². The van der Waals surface area contributed by atoms with Crippen molar-refractivity contribution in [2.45, 2.75) is 19.8 Å². The van der Waals surface area contributed by atoms with E-state index in [4.69, 9.17) is 0 Å². The third-order valence-corrected chi connectivity index (χ3v) is 1.01. The summed E-state index contributed by atoms with van der Waals surface area (Å²) in [7, 11) is 0. The Hall–Kier alpha value is -0.780. The predicted octanol–water partition coefficient (Wildman–Crippen LogP) is 3.08. The second kappa shape index (κ2) is 7.22. The molecule has 50 valence electrons. The summed E-state index contributed by atoms with van der Waals surface area (Å²) in [5, 5.41) is 0. The minimum Gasteiger partial charge on any atom is -0.0991 e. The number of allylic oxidation sites excluding steroid dienone is 5. The molecule has 9 heavy (non-hydrogen) atoms. The first kappa shape index (κ1) is 8.22. The van der Waals surface area contributed by atoms with Crippen LogP contribution in [-0.2, 0) is 0 Å². The molecule has 0 radical (unpaired) electrons. The van der Waals surface area contributed by atoms with Crippen molar-refractivity contribution in [3.8, 4) is 0 Å². The van der Waals surface area contributed by atoms with Gasteiger partial charge < -0.3 is 0 Å². The van der Waals surface area contributed by atoms with Gasteiger partial charge in [0.1, 0.15) is 0 Å².